The van der Waals surface area contributed by atoms with Crippen LogP contribution in [0.5, 0.6) is 0 Å². The Morgan fingerprint density at radius 1 is 1.50 bits per heavy atom. The molecule has 0 saturated carbocycles. The van der Waals surface area contributed by atoms with E-state index in [-0.39, 0.29) is 12.5 Å². The molecule has 1 amide bonds. The average molecular weight is 220 g/mol. The van der Waals surface area contributed by atoms with Crippen molar-refractivity contribution < 1.29 is 4.79 Å². The van der Waals surface area contributed by atoms with Crippen molar-refractivity contribution in [3.8, 4) is 6.07 Å². The van der Waals surface area contributed by atoms with Crippen LogP contribution in [0.25, 0.3) is 0 Å². The SMILES string of the molecule is Cc1c(C#N)c(N)n(CC(=O)N(C)C)c1C. The van der Waals surface area contributed by atoms with Crippen LogP contribution in [0.1, 0.15) is 16.8 Å². The van der Waals surface area contributed by atoms with Crippen molar-refractivity contribution in [2.45, 2.75) is 20.4 Å². The lowest BCUT2D eigenvalue weighted by Crippen LogP contribution is -2.27. The van der Waals surface area contributed by atoms with Gasteiger partial charge in [-0.05, 0) is 19.4 Å². The number of aromatic nitrogens is 1. The molecule has 0 aliphatic heterocycles. The molecule has 16 heavy (non-hydrogen) atoms. The number of rotatable bonds is 2. The van der Waals surface area contributed by atoms with Gasteiger partial charge in [-0.1, -0.05) is 0 Å². The smallest absolute Gasteiger partial charge is 0.242 e. The fraction of sp³-hybridized carbons (Fsp3) is 0.455. The molecule has 5 heteroatoms. The van der Waals surface area contributed by atoms with Crippen LogP contribution in [0.2, 0.25) is 0 Å². The molecule has 0 fully saturated rings. The van der Waals surface area contributed by atoms with Gasteiger partial charge in [-0.15, -0.1) is 0 Å². The lowest BCUT2D eigenvalue weighted by atomic mass is 10.2. The maximum Gasteiger partial charge on any atom is 0.242 e. The van der Waals surface area contributed by atoms with E-state index < -0.39 is 0 Å². The number of hydrogen-bond acceptors (Lipinski definition) is 3. The fourth-order valence-corrected chi connectivity index (χ4v) is 1.51. The normalized spacial score (nSPS) is 9.94. The second-order valence-electron chi connectivity index (χ2n) is 3.96. The number of amides is 1. The molecule has 5 nitrogen and oxygen atoms in total. The molecule has 0 aliphatic rings. The third-order valence-corrected chi connectivity index (χ3v) is 2.77. The van der Waals surface area contributed by atoms with Gasteiger partial charge in [0.25, 0.3) is 0 Å². The summed E-state index contributed by atoms with van der Waals surface area (Å²) >= 11 is 0. The van der Waals surface area contributed by atoms with E-state index in [4.69, 9.17) is 11.0 Å². The van der Waals surface area contributed by atoms with Crippen molar-refractivity contribution in [2.75, 3.05) is 19.8 Å². The largest absolute Gasteiger partial charge is 0.384 e. The molecule has 0 saturated heterocycles. The van der Waals surface area contributed by atoms with Crippen molar-refractivity contribution in [1.29, 1.82) is 5.26 Å². The van der Waals surface area contributed by atoms with Gasteiger partial charge in [0.15, 0.2) is 0 Å². The van der Waals surface area contributed by atoms with E-state index in [0.717, 1.165) is 11.3 Å². The van der Waals surface area contributed by atoms with Gasteiger partial charge in [0, 0.05) is 19.8 Å². The molecule has 0 bridgehead atoms. The van der Waals surface area contributed by atoms with E-state index in [0.29, 0.717) is 11.4 Å². The fourth-order valence-electron chi connectivity index (χ4n) is 1.51. The topological polar surface area (TPSA) is 75.0 Å². The Balaban J connectivity index is 3.17. The number of nitrogens with zero attached hydrogens (tertiary/aromatic N) is 3. The zero-order valence-corrected chi connectivity index (χ0v) is 10.0. The molecule has 0 unspecified atom stereocenters. The Labute approximate surface area is 95.1 Å². The van der Waals surface area contributed by atoms with Crippen molar-refractivity contribution in [3.63, 3.8) is 0 Å². The van der Waals surface area contributed by atoms with E-state index in [2.05, 4.69) is 6.07 Å². The monoisotopic (exact) mass is 220 g/mol. The third-order valence-electron chi connectivity index (χ3n) is 2.77. The zero-order valence-electron chi connectivity index (χ0n) is 10.0. The molecule has 1 rings (SSSR count). The van der Waals surface area contributed by atoms with Crippen molar-refractivity contribution in [2.24, 2.45) is 0 Å². The predicted molar refractivity (Wildman–Crippen MR) is 61.7 cm³/mol. The number of nitrogen functional groups attached to an aromatic ring is 1. The highest BCUT2D eigenvalue weighted by atomic mass is 16.2. The number of carbonyl (C=O) groups is 1. The summed E-state index contributed by atoms with van der Waals surface area (Å²) < 4.78 is 1.68. The van der Waals surface area contributed by atoms with Gasteiger partial charge in [-0.3, -0.25) is 4.79 Å². The molecule has 0 aliphatic carbocycles. The highest BCUT2D eigenvalue weighted by molar-refractivity contribution is 5.76. The van der Waals surface area contributed by atoms with Crippen LogP contribution >= 0.6 is 0 Å². The summed E-state index contributed by atoms with van der Waals surface area (Å²) in [7, 11) is 3.38. The molecule has 0 aromatic carbocycles. The lowest BCUT2D eigenvalue weighted by molar-refractivity contribution is -0.129. The lowest BCUT2D eigenvalue weighted by Gasteiger charge is -2.13. The highest BCUT2D eigenvalue weighted by Gasteiger charge is 2.17. The molecule has 0 atom stereocenters. The van der Waals surface area contributed by atoms with Crippen LogP contribution < -0.4 is 5.73 Å². The summed E-state index contributed by atoms with van der Waals surface area (Å²) in [5.74, 6) is 0.321. The maximum absolute atomic E-state index is 11.6. The summed E-state index contributed by atoms with van der Waals surface area (Å²) in [4.78, 5) is 13.1. The van der Waals surface area contributed by atoms with Gasteiger partial charge in [0.1, 0.15) is 18.4 Å². The number of likely N-dealkylation sites (N-methyl/N-ethyl adjacent to an activating group) is 1. The number of anilines is 1. The molecule has 1 aromatic heterocycles. The predicted octanol–water partition coefficient (Wildman–Crippen LogP) is 0.647. The van der Waals surface area contributed by atoms with Crippen LogP contribution in [0.4, 0.5) is 5.82 Å². The van der Waals surface area contributed by atoms with Gasteiger partial charge in [-0.2, -0.15) is 5.26 Å². The van der Waals surface area contributed by atoms with Crippen LogP contribution in [0.15, 0.2) is 0 Å². The first-order valence-corrected chi connectivity index (χ1v) is 4.95. The minimum Gasteiger partial charge on any atom is -0.384 e. The molecule has 1 aromatic rings. The first-order valence-electron chi connectivity index (χ1n) is 4.95. The second-order valence-corrected chi connectivity index (χ2v) is 3.96. The molecule has 0 spiro atoms. The molecular weight excluding hydrogens is 204 g/mol. The Hall–Kier alpha value is -1.96. The van der Waals surface area contributed by atoms with Gasteiger partial charge in [-0.25, -0.2) is 0 Å². The molecule has 1 heterocycles. The van der Waals surface area contributed by atoms with Crippen molar-refractivity contribution in [1.82, 2.24) is 9.47 Å². The maximum atomic E-state index is 11.6. The molecule has 86 valence electrons. The number of nitriles is 1. The standard InChI is InChI=1S/C11H16N4O/c1-7-8(2)15(6-10(16)14(3)4)11(13)9(7)5-12/h6,13H2,1-4H3. The van der Waals surface area contributed by atoms with E-state index >= 15 is 0 Å². The summed E-state index contributed by atoms with van der Waals surface area (Å²) in [6.07, 6.45) is 0. The van der Waals surface area contributed by atoms with Gasteiger partial charge in [0.2, 0.25) is 5.91 Å². The minimum absolute atomic E-state index is 0.0470. The van der Waals surface area contributed by atoms with E-state index in [1.807, 2.05) is 13.8 Å². The quantitative estimate of drug-likeness (QED) is 0.795. The Bertz CT molecular complexity index is 465. The van der Waals surface area contributed by atoms with Gasteiger partial charge < -0.3 is 15.2 Å². The Morgan fingerprint density at radius 2 is 2.06 bits per heavy atom. The summed E-state index contributed by atoms with van der Waals surface area (Å²) in [5.41, 5.74) is 8.00. The molecular formula is C11H16N4O. The van der Waals surface area contributed by atoms with Crippen LogP contribution in [0.3, 0.4) is 0 Å². The summed E-state index contributed by atoms with van der Waals surface area (Å²) in [6.45, 7) is 3.86. The van der Waals surface area contributed by atoms with E-state index in [9.17, 15) is 4.79 Å². The van der Waals surface area contributed by atoms with Gasteiger partial charge >= 0.3 is 0 Å². The zero-order chi connectivity index (χ0) is 12.5. The molecule has 0 radical (unpaired) electrons. The van der Waals surface area contributed by atoms with E-state index in [1.165, 1.54) is 4.90 Å². The first-order chi connectivity index (χ1) is 7.40. The minimum atomic E-state index is -0.0470. The first kappa shape index (κ1) is 12.1. The number of carbonyl (C=O) groups excluding carboxylic acids is 1. The Morgan fingerprint density at radius 3 is 2.44 bits per heavy atom. The van der Waals surface area contributed by atoms with Crippen molar-refractivity contribution in [3.05, 3.63) is 16.8 Å². The summed E-state index contributed by atoms with van der Waals surface area (Å²) in [6, 6.07) is 2.06. The van der Waals surface area contributed by atoms with E-state index in [1.54, 1.807) is 18.7 Å². The summed E-state index contributed by atoms with van der Waals surface area (Å²) in [5, 5.41) is 8.94. The number of nitrogens with two attached hydrogens (primary N) is 1. The Kier molecular flexibility index (Phi) is 3.23. The third kappa shape index (κ3) is 1.87. The highest BCUT2D eigenvalue weighted by Crippen LogP contribution is 2.23. The molecule has 2 N–H and O–H groups in total. The average Bonchev–Trinajstić information content (AvgIpc) is 2.42. The van der Waals surface area contributed by atoms with Crippen LogP contribution in [-0.2, 0) is 11.3 Å². The van der Waals surface area contributed by atoms with Crippen LogP contribution in [0, 0.1) is 25.2 Å². The van der Waals surface area contributed by atoms with Gasteiger partial charge in [0.05, 0.1) is 5.56 Å². The number of hydrogen-bond donors (Lipinski definition) is 1. The van der Waals surface area contributed by atoms with Crippen molar-refractivity contribution >= 4 is 11.7 Å². The second kappa shape index (κ2) is 4.27. The van der Waals surface area contributed by atoms with Crippen LogP contribution in [-0.4, -0.2) is 29.5 Å².